The minimum absolute atomic E-state index is 0.321. The Balaban J connectivity index is 0.000000861. The molecule has 1 N–H and O–H groups in total. The average molecular weight is 303 g/mol. The Bertz CT molecular complexity index is 256. The molecule has 1 heterocycles. The summed E-state index contributed by atoms with van der Waals surface area (Å²) in [5.74, 6) is 1.36. The molecule has 5 unspecified atom stereocenters. The van der Waals surface area contributed by atoms with Gasteiger partial charge in [0.05, 0.1) is 6.10 Å². The number of rotatable bonds is 5. The molecule has 19 heavy (non-hydrogen) atoms. The monoisotopic (exact) mass is 303 g/mol. The average Bonchev–Trinajstić information content (AvgIpc) is 2.79. The first kappa shape index (κ1) is 17.4. The van der Waals surface area contributed by atoms with Gasteiger partial charge in [-0.1, -0.05) is 45.2 Å². The Morgan fingerprint density at radius 1 is 1.37 bits per heavy atom. The van der Waals surface area contributed by atoms with E-state index >= 15 is 0 Å². The summed E-state index contributed by atoms with van der Waals surface area (Å²) in [4.78, 5) is 0. The van der Waals surface area contributed by atoms with E-state index in [1.165, 1.54) is 32.1 Å². The fourth-order valence-electron chi connectivity index (χ4n) is 3.52. The second-order valence-corrected chi connectivity index (χ2v) is 5.56. The van der Waals surface area contributed by atoms with Gasteiger partial charge in [0, 0.05) is 6.61 Å². The third-order valence-electron chi connectivity index (χ3n) is 4.46. The van der Waals surface area contributed by atoms with Gasteiger partial charge in [-0.3, -0.25) is 0 Å². The summed E-state index contributed by atoms with van der Waals surface area (Å²) in [6.45, 7) is 5.41. The second kappa shape index (κ2) is 9.35. The summed E-state index contributed by atoms with van der Waals surface area (Å²) in [5.41, 5.74) is 0. The predicted octanol–water partition coefficient (Wildman–Crippen LogP) is 2.79. The number of nitrogens with one attached hydrogen (secondary N) is 1. The van der Waals surface area contributed by atoms with E-state index in [2.05, 4.69) is 19.2 Å². The first-order chi connectivity index (χ1) is 9.27. The van der Waals surface area contributed by atoms with Crippen LogP contribution >= 0.6 is 0 Å². The van der Waals surface area contributed by atoms with Crippen molar-refractivity contribution >= 4 is 0 Å². The molecule has 0 aromatic heterocycles. The van der Waals surface area contributed by atoms with Gasteiger partial charge >= 0.3 is 23.7 Å². The van der Waals surface area contributed by atoms with Crippen molar-refractivity contribution in [2.75, 3.05) is 13.7 Å². The van der Waals surface area contributed by atoms with Crippen molar-refractivity contribution in [1.29, 1.82) is 0 Å². The van der Waals surface area contributed by atoms with Crippen molar-refractivity contribution in [3.8, 4) is 0 Å². The van der Waals surface area contributed by atoms with E-state index in [9.17, 15) is 0 Å². The van der Waals surface area contributed by atoms with Crippen LogP contribution < -0.4 is 5.32 Å². The van der Waals surface area contributed by atoms with Crippen molar-refractivity contribution < 1.29 is 28.5 Å². The normalized spacial score (nSPS) is 37.4. The van der Waals surface area contributed by atoms with Crippen LogP contribution in [0, 0.1) is 11.8 Å². The topological polar surface area (TPSA) is 52.4 Å². The minimum atomic E-state index is 0.321. The van der Waals surface area contributed by atoms with E-state index in [1.807, 2.05) is 7.05 Å². The Hall–Kier alpha value is 0.394. The van der Waals surface area contributed by atoms with Gasteiger partial charge in [-0.05, 0) is 25.8 Å². The Kier molecular flexibility index (Phi) is 8.59. The van der Waals surface area contributed by atoms with Gasteiger partial charge in [0.15, 0.2) is 0 Å². The zero-order valence-electron chi connectivity index (χ0n) is 12.4. The van der Waals surface area contributed by atoms with Crippen LogP contribution in [0.15, 0.2) is 0 Å². The van der Waals surface area contributed by atoms with E-state index < -0.39 is 0 Å². The van der Waals surface area contributed by atoms with E-state index in [-0.39, 0.29) is 0 Å². The fraction of sp³-hybridized carbons (Fsp3) is 1.00. The number of unbranched alkanes of at least 4 members (excludes halogenated alkanes) is 1. The van der Waals surface area contributed by atoms with Gasteiger partial charge in [0.25, 0.3) is 0 Å². The quantitative estimate of drug-likeness (QED) is 0.627. The van der Waals surface area contributed by atoms with Crippen LogP contribution in [-0.4, -0.2) is 32.0 Å². The molecule has 0 spiro atoms. The molecule has 4 nitrogen and oxygen atoms in total. The van der Waals surface area contributed by atoms with E-state index in [0.29, 0.717) is 24.2 Å². The van der Waals surface area contributed by atoms with Crippen LogP contribution in [0.1, 0.15) is 46.0 Å². The van der Waals surface area contributed by atoms with Crippen molar-refractivity contribution in [3.05, 3.63) is 5.32 Å². The molecule has 0 aromatic rings. The molecule has 5 atom stereocenters. The van der Waals surface area contributed by atoms with E-state index in [1.54, 1.807) is 0 Å². The molecule has 2 fully saturated rings. The molecule has 1 aliphatic carbocycles. The zero-order valence-corrected chi connectivity index (χ0v) is 14.0. The van der Waals surface area contributed by atoms with Crippen LogP contribution in [0.5, 0.6) is 0 Å². The van der Waals surface area contributed by atoms with Crippen LogP contribution in [0.3, 0.4) is 0 Å². The summed E-state index contributed by atoms with van der Waals surface area (Å²) in [6.07, 6.45) is 7.04. The van der Waals surface area contributed by atoms with Crippen molar-refractivity contribution in [2.24, 2.45) is 11.8 Å². The predicted molar refractivity (Wildman–Crippen MR) is 71.8 cm³/mol. The Labute approximate surface area is 129 Å². The first-order valence-electron chi connectivity index (χ1n) is 7.47. The molecular weight excluding hydrogens is 276 g/mol. The van der Waals surface area contributed by atoms with Crippen molar-refractivity contribution in [1.82, 2.24) is 5.32 Å². The third kappa shape index (κ3) is 4.43. The molecule has 0 bridgehead atoms. The molecule has 1 saturated carbocycles. The Morgan fingerprint density at radius 3 is 2.74 bits per heavy atom. The molecule has 109 valence electrons. The number of nitrogens with zero attached hydrogens (tertiary/aromatic N) is 1. The van der Waals surface area contributed by atoms with Gasteiger partial charge in [-0.25, -0.2) is 0 Å². The second-order valence-electron chi connectivity index (χ2n) is 5.56. The van der Waals surface area contributed by atoms with Crippen molar-refractivity contribution in [2.45, 2.75) is 64.3 Å². The molecule has 1 saturated heterocycles. The Morgan fingerprint density at radius 2 is 2.11 bits per heavy atom. The van der Waals surface area contributed by atoms with Gasteiger partial charge in [-0.15, -0.1) is 6.04 Å². The fourth-order valence-corrected chi connectivity index (χ4v) is 3.52. The summed E-state index contributed by atoms with van der Waals surface area (Å²) in [6, 6.07) is 0.509. The molecule has 2 aliphatic rings. The molecule has 1 aliphatic heterocycles. The number of ether oxygens (including phenoxy) is 1. The molecule has 0 amide bonds. The number of hydrogen-bond donors (Lipinski definition) is 1. The third-order valence-corrected chi connectivity index (χ3v) is 4.46. The maximum atomic E-state index is 8.25. The SMILES string of the molecule is CCCCOC1CCCC2C(C)[N-]C(NC)C12.[O]=[Ti+]. The van der Waals surface area contributed by atoms with Crippen LogP contribution in [0.4, 0.5) is 0 Å². The van der Waals surface area contributed by atoms with E-state index in [0.717, 1.165) is 32.9 Å². The molecule has 0 radical (unpaired) electrons. The first-order valence-corrected chi connectivity index (χ1v) is 8.11. The molecular formula is C14H27N2O2Ti. The molecule has 5 heteroatoms. The van der Waals surface area contributed by atoms with Gasteiger partial charge < -0.3 is 15.4 Å². The summed E-state index contributed by atoms with van der Waals surface area (Å²) in [7, 11) is 2.03. The van der Waals surface area contributed by atoms with E-state index in [4.69, 9.17) is 13.4 Å². The van der Waals surface area contributed by atoms with Gasteiger partial charge in [0.2, 0.25) is 0 Å². The molecule has 2 rings (SSSR count). The van der Waals surface area contributed by atoms with Crippen LogP contribution in [-0.2, 0) is 28.5 Å². The van der Waals surface area contributed by atoms with Crippen LogP contribution in [0.25, 0.3) is 5.32 Å². The van der Waals surface area contributed by atoms with Gasteiger partial charge in [-0.2, -0.15) is 0 Å². The molecule has 0 aromatic carbocycles. The van der Waals surface area contributed by atoms with Crippen molar-refractivity contribution in [3.63, 3.8) is 0 Å². The van der Waals surface area contributed by atoms with Gasteiger partial charge in [0.1, 0.15) is 0 Å². The number of fused-ring (bicyclic) bond motifs is 1. The summed E-state index contributed by atoms with van der Waals surface area (Å²) >= 11 is 0.750. The standard InChI is InChI=1S/C14H27N2O.O.Ti/c1-4-5-9-17-12-8-6-7-11-10(2)16-14(15-3)13(11)12;;/h10-15H,4-9H2,1-3H3;;/q-1;;+1. The summed E-state index contributed by atoms with van der Waals surface area (Å²) in [5, 5.41) is 8.21. The summed E-state index contributed by atoms with van der Waals surface area (Å²) < 4.78 is 14.4. The zero-order chi connectivity index (χ0) is 14.3. The van der Waals surface area contributed by atoms with Crippen LogP contribution in [0.2, 0.25) is 0 Å². The maximum absolute atomic E-state index is 8.25. The number of hydrogen-bond acceptors (Lipinski definition) is 3.